The van der Waals surface area contributed by atoms with Gasteiger partial charge in [-0.3, -0.25) is 14.3 Å². The van der Waals surface area contributed by atoms with Crippen LogP contribution in [-0.4, -0.2) is 46.1 Å². The number of hydrogen-bond acceptors (Lipinski definition) is 3. The fraction of sp³-hybridized carbons (Fsp3) is 0.476. The van der Waals surface area contributed by atoms with E-state index in [1.54, 1.807) is 0 Å². The number of aryl methyl sites for hydroxylation is 1. The van der Waals surface area contributed by atoms with Gasteiger partial charge in [-0.25, -0.2) is 0 Å². The van der Waals surface area contributed by atoms with Crippen molar-refractivity contribution in [2.75, 3.05) is 19.6 Å². The monoisotopic (exact) mass is 444 g/mol. The van der Waals surface area contributed by atoms with Crippen LogP contribution in [0.1, 0.15) is 46.6 Å². The summed E-state index contributed by atoms with van der Waals surface area (Å²) in [6, 6.07) is 8.13. The molecule has 0 unspecified atom stereocenters. The first-order chi connectivity index (χ1) is 13.4. The highest BCUT2D eigenvalue weighted by Gasteiger charge is 2.42. The maximum absolute atomic E-state index is 13.2. The summed E-state index contributed by atoms with van der Waals surface area (Å²) in [5.74, 6) is 0.197. The number of nitrogens with zero attached hydrogens (tertiary/aromatic N) is 3. The Kier molecular flexibility index (Phi) is 5.04. The van der Waals surface area contributed by atoms with E-state index < -0.39 is 0 Å². The molecule has 4 rings (SSSR count). The van der Waals surface area contributed by atoms with Crippen LogP contribution in [0.5, 0.6) is 0 Å². The van der Waals surface area contributed by atoms with Crippen molar-refractivity contribution in [3.8, 4) is 0 Å². The zero-order valence-corrected chi connectivity index (χ0v) is 17.9. The molecule has 2 fully saturated rings. The molecule has 7 heteroatoms. The summed E-state index contributed by atoms with van der Waals surface area (Å²) >= 11 is 3.50. The van der Waals surface area contributed by atoms with E-state index in [0.29, 0.717) is 31.6 Å². The summed E-state index contributed by atoms with van der Waals surface area (Å²) in [6.45, 7) is 6.65. The molecule has 1 aromatic heterocycles. The third kappa shape index (κ3) is 3.60. The van der Waals surface area contributed by atoms with Gasteiger partial charge < -0.3 is 10.2 Å². The molecule has 0 atom stereocenters. The number of benzene rings is 1. The van der Waals surface area contributed by atoms with Gasteiger partial charge in [-0.1, -0.05) is 28.1 Å². The van der Waals surface area contributed by atoms with Gasteiger partial charge in [0.1, 0.15) is 0 Å². The maximum atomic E-state index is 13.2. The predicted octanol–water partition coefficient (Wildman–Crippen LogP) is 3.05. The van der Waals surface area contributed by atoms with Crippen LogP contribution in [0.4, 0.5) is 0 Å². The van der Waals surface area contributed by atoms with Crippen molar-refractivity contribution in [1.82, 2.24) is 20.0 Å². The van der Waals surface area contributed by atoms with Gasteiger partial charge in [-0.2, -0.15) is 5.10 Å². The van der Waals surface area contributed by atoms with Crippen LogP contribution >= 0.6 is 15.9 Å². The number of aromatic nitrogens is 2. The Labute approximate surface area is 173 Å². The minimum absolute atomic E-state index is 0.0445. The third-order valence-corrected chi connectivity index (χ3v) is 6.62. The fourth-order valence-corrected chi connectivity index (χ4v) is 4.86. The molecular formula is C21H25BrN4O2. The van der Waals surface area contributed by atoms with Crippen LogP contribution < -0.4 is 5.32 Å². The molecule has 28 heavy (non-hydrogen) atoms. The summed E-state index contributed by atoms with van der Waals surface area (Å²) in [6.07, 6.45) is 2.35. The van der Waals surface area contributed by atoms with Crippen LogP contribution in [0, 0.1) is 19.3 Å². The smallest absolute Gasteiger partial charge is 0.257 e. The molecule has 0 aliphatic carbocycles. The van der Waals surface area contributed by atoms with Gasteiger partial charge in [0.25, 0.3) is 5.91 Å². The second-order valence-electron chi connectivity index (χ2n) is 8.08. The molecule has 148 valence electrons. The van der Waals surface area contributed by atoms with Crippen LogP contribution in [0.2, 0.25) is 0 Å². The Morgan fingerprint density at radius 2 is 2.04 bits per heavy atom. The van der Waals surface area contributed by atoms with E-state index in [-0.39, 0.29) is 17.2 Å². The molecule has 1 N–H and O–H groups in total. The molecule has 1 spiro atoms. The van der Waals surface area contributed by atoms with Crippen LogP contribution in [0.3, 0.4) is 0 Å². The van der Waals surface area contributed by atoms with Crippen molar-refractivity contribution >= 4 is 27.7 Å². The molecular weight excluding hydrogens is 420 g/mol. The number of halogens is 1. The number of nitrogens with one attached hydrogen (secondary N) is 1. The minimum Gasteiger partial charge on any atom is -0.356 e. The van der Waals surface area contributed by atoms with Crippen LogP contribution in [0.25, 0.3) is 0 Å². The van der Waals surface area contributed by atoms with Crippen molar-refractivity contribution in [2.45, 2.75) is 39.7 Å². The third-order valence-electron chi connectivity index (χ3n) is 6.12. The SMILES string of the molecule is Cc1nn(Cc2cccc(Br)c2)c(C)c1C(=O)N1CCC2(CC1)CNC(=O)C2. The zero-order chi connectivity index (χ0) is 19.9. The Bertz CT molecular complexity index is 928. The zero-order valence-electron chi connectivity index (χ0n) is 16.3. The molecule has 6 nitrogen and oxygen atoms in total. The van der Waals surface area contributed by atoms with Gasteiger partial charge in [0.05, 0.1) is 17.8 Å². The second-order valence-corrected chi connectivity index (χ2v) is 8.99. The highest BCUT2D eigenvalue weighted by Crippen LogP contribution is 2.38. The van der Waals surface area contributed by atoms with Crippen molar-refractivity contribution in [2.24, 2.45) is 5.41 Å². The normalized spacial score (nSPS) is 18.5. The first-order valence-corrected chi connectivity index (χ1v) is 10.5. The second kappa shape index (κ2) is 7.35. The first-order valence-electron chi connectivity index (χ1n) is 9.71. The van der Waals surface area contributed by atoms with Crippen LogP contribution in [-0.2, 0) is 11.3 Å². The molecule has 0 radical (unpaired) electrons. The predicted molar refractivity (Wildman–Crippen MR) is 110 cm³/mol. The number of amides is 2. The van der Waals surface area contributed by atoms with Crippen molar-refractivity contribution in [1.29, 1.82) is 0 Å². The summed E-state index contributed by atoms with van der Waals surface area (Å²) in [5.41, 5.74) is 3.57. The summed E-state index contributed by atoms with van der Waals surface area (Å²) in [5, 5.41) is 7.58. The molecule has 3 heterocycles. The Morgan fingerprint density at radius 3 is 2.68 bits per heavy atom. The minimum atomic E-state index is 0.0445. The molecule has 0 bridgehead atoms. The Balaban J connectivity index is 1.49. The number of hydrogen-bond donors (Lipinski definition) is 1. The summed E-state index contributed by atoms with van der Waals surface area (Å²) in [4.78, 5) is 26.7. The van der Waals surface area contributed by atoms with E-state index in [1.807, 2.05) is 35.6 Å². The van der Waals surface area contributed by atoms with E-state index in [9.17, 15) is 9.59 Å². The van der Waals surface area contributed by atoms with E-state index in [2.05, 4.69) is 38.5 Å². The van der Waals surface area contributed by atoms with Crippen molar-refractivity contribution in [3.63, 3.8) is 0 Å². The van der Waals surface area contributed by atoms with Gasteiger partial charge >= 0.3 is 0 Å². The topological polar surface area (TPSA) is 67.2 Å². The van der Waals surface area contributed by atoms with Gasteiger partial charge in [0.15, 0.2) is 0 Å². The Morgan fingerprint density at radius 1 is 1.29 bits per heavy atom. The van der Waals surface area contributed by atoms with Gasteiger partial charge in [-0.05, 0) is 49.8 Å². The largest absolute Gasteiger partial charge is 0.356 e. The lowest BCUT2D eigenvalue weighted by atomic mass is 9.77. The van der Waals surface area contributed by atoms with Crippen molar-refractivity contribution < 1.29 is 9.59 Å². The standard InChI is InChI=1S/C21H25BrN4O2/c1-14-19(15(2)26(24-14)12-16-4-3-5-17(22)10-16)20(28)25-8-6-21(7-9-25)11-18(27)23-13-21/h3-5,10H,6-9,11-13H2,1-2H3,(H,23,27). The quantitative estimate of drug-likeness (QED) is 0.790. The number of likely N-dealkylation sites (tertiary alicyclic amines) is 1. The summed E-state index contributed by atoms with van der Waals surface area (Å²) in [7, 11) is 0. The number of piperidine rings is 1. The Hall–Kier alpha value is -2.15. The lowest BCUT2D eigenvalue weighted by Gasteiger charge is -2.38. The molecule has 2 aliphatic heterocycles. The van der Waals surface area contributed by atoms with E-state index in [4.69, 9.17) is 0 Å². The molecule has 2 amide bonds. The lowest BCUT2D eigenvalue weighted by Crippen LogP contribution is -2.44. The van der Waals surface area contributed by atoms with Crippen molar-refractivity contribution in [3.05, 3.63) is 51.3 Å². The van der Waals surface area contributed by atoms with Gasteiger partial charge in [-0.15, -0.1) is 0 Å². The molecule has 2 aromatic rings. The molecule has 2 saturated heterocycles. The molecule has 0 saturated carbocycles. The number of rotatable bonds is 3. The average molecular weight is 445 g/mol. The molecule has 2 aliphatic rings. The highest BCUT2D eigenvalue weighted by molar-refractivity contribution is 9.10. The number of carbonyl (C=O) groups excluding carboxylic acids is 2. The summed E-state index contributed by atoms with van der Waals surface area (Å²) < 4.78 is 2.94. The average Bonchev–Trinajstić information content (AvgIpc) is 3.15. The lowest BCUT2D eigenvalue weighted by molar-refractivity contribution is -0.119. The van der Waals surface area contributed by atoms with E-state index in [0.717, 1.165) is 40.8 Å². The first kappa shape index (κ1) is 19.2. The highest BCUT2D eigenvalue weighted by atomic mass is 79.9. The molecule has 1 aromatic carbocycles. The number of carbonyl (C=O) groups is 2. The van der Waals surface area contributed by atoms with E-state index >= 15 is 0 Å². The van der Waals surface area contributed by atoms with E-state index in [1.165, 1.54) is 0 Å². The maximum Gasteiger partial charge on any atom is 0.257 e. The van der Waals surface area contributed by atoms with Crippen LogP contribution in [0.15, 0.2) is 28.7 Å². The van der Waals surface area contributed by atoms with Gasteiger partial charge in [0.2, 0.25) is 5.91 Å². The fourth-order valence-electron chi connectivity index (χ4n) is 4.42. The van der Waals surface area contributed by atoms with Gasteiger partial charge in [0, 0.05) is 36.2 Å².